The van der Waals surface area contributed by atoms with Crippen molar-refractivity contribution >= 4 is 29.1 Å². The standard InChI is InChI=1S/C29H35ClN4O2/c1-28(2,3)15-22-18-32-25(16-29(22,19-31)21-8-10-23(30)11-9-21)27(36)33-17-20-6-12-24(13-7-20)34-14-4-5-26(34)35/h6-13,22,25,32H,4-5,14-18H2,1-3H3,(H,33,36). The lowest BCUT2D eigenvalue weighted by Crippen LogP contribution is -2.57. The molecule has 2 heterocycles. The predicted octanol–water partition coefficient (Wildman–Crippen LogP) is 4.96. The number of hydrogen-bond acceptors (Lipinski definition) is 4. The van der Waals surface area contributed by atoms with Crippen molar-refractivity contribution in [1.82, 2.24) is 10.6 Å². The van der Waals surface area contributed by atoms with Gasteiger partial charge >= 0.3 is 0 Å². The van der Waals surface area contributed by atoms with Gasteiger partial charge in [-0.15, -0.1) is 0 Å². The van der Waals surface area contributed by atoms with E-state index in [1.807, 2.05) is 48.5 Å². The van der Waals surface area contributed by atoms with E-state index in [1.54, 1.807) is 4.90 Å². The molecule has 3 unspecified atom stereocenters. The third-order valence-corrected chi connectivity index (χ3v) is 7.61. The first-order valence-corrected chi connectivity index (χ1v) is 13.1. The molecule has 0 radical (unpaired) electrons. The van der Waals surface area contributed by atoms with E-state index in [0.29, 0.717) is 31.0 Å². The van der Waals surface area contributed by atoms with E-state index >= 15 is 0 Å². The highest BCUT2D eigenvalue weighted by Gasteiger charge is 2.48. The van der Waals surface area contributed by atoms with Gasteiger partial charge in [-0.3, -0.25) is 9.59 Å². The third kappa shape index (κ3) is 5.74. The Hall–Kier alpha value is -2.88. The summed E-state index contributed by atoms with van der Waals surface area (Å²) in [4.78, 5) is 27.0. The molecule has 0 aliphatic carbocycles. The number of amides is 2. The zero-order valence-electron chi connectivity index (χ0n) is 21.3. The number of halogens is 1. The van der Waals surface area contributed by atoms with Crippen molar-refractivity contribution in [3.63, 3.8) is 0 Å². The second-order valence-corrected chi connectivity index (χ2v) is 11.7. The molecule has 2 amide bonds. The molecule has 2 fully saturated rings. The molecule has 6 nitrogen and oxygen atoms in total. The summed E-state index contributed by atoms with van der Waals surface area (Å²) >= 11 is 6.14. The Morgan fingerprint density at radius 1 is 1.19 bits per heavy atom. The molecule has 2 N–H and O–H groups in total. The fourth-order valence-corrected chi connectivity index (χ4v) is 5.65. The van der Waals surface area contributed by atoms with Gasteiger partial charge in [-0.25, -0.2) is 0 Å². The van der Waals surface area contributed by atoms with Crippen molar-refractivity contribution in [3.05, 3.63) is 64.7 Å². The summed E-state index contributed by atoms with van der Waals surface area (Å²) in [6, 6.07) is 17.4. The summed E-state index contributed by atoms with van der Waals surface area (Å²) in [5.74, 6) is 0.107. The lowest BCUT2D eigenvalue weighted by Gasteiger charge is -2.45. The molecule has 0 aromatic heterocycles. The maximum Gasteiger partial charge on any atom is 0.237 e. The minimum absolute atomic E-state index is 0.0435. The van der Waals surface area contributed by atoms with Crippen LogP contribution in [-0.4, -0.2) is 30.9 Å². The second kappa shape index (κ2) is 10.6. The molecular weight excluding hydrogens is 472 g/mol. The van der Waals surface area contributed by atoms with Crippen LogP contribution < -0.4 is 15.5 Å². The normalized spacial score (nSPS) is 24.4. The Morgan fingerprint density at radius 3 is 2.47 bits per heavy atom. The SMILES string of the molecule is CC(C)(C)CC1CNC(C(=O)NCc2ccc(N3CCCC3=O)cc2)CC1(C#N)c1ccc(Cl)cc1. The number of rotatable bonds is 6. The van der Waals surface area contributed by atoms with Gasteiger partial charge in [-0.05, 0) is 66.0 Å². The fraction of sp³-hybridized carbons (Fsp3) is 0.483. The van der Waals surface area contributed by atoms with E-state index in [-0.39, 0.29) is 23.1 Å². The molecule has 2 aliphatic heterocycles. The number of anilines is 1. The first-order chi connectivity index (χ1) is 17.1. The predicted molar refractivity (Wildman–Crippen MR) is 143 cm³/mol. The van der Waals surface area contributed by atoms with Gasteiger partial charge in [0.1, 0.15) is 0 Å². The number of piperidine rings is 1. The first kappa shape index (κ1) is 26.2. The van der Waals surface area contributed by atoms with Crippen LogP contribution in [0.3, 0.4) is 0 Å². The van der Waals surface area contributed by atoms with Gasteiger partial charge in [0.05, 0.1) is 17.5 Å². The van der Waals surface area contributed by atoms with Crippen LogP contribution in [-0.2, 0) is 21.5 Å². The van der Waals surface area contributed by atoms with Crippen molar-refractivity contribution in [2.75, 3.05) is 18.0 Å². The number of carbonyl (C=O) groups excluding carboxylic acids is 2. The van der Waals surface area contributed by atoms with Crippen LogP contribution in [0.4, 0.5) is 5.69 Å². The average molecular weight is 507 g/mol. The van der Waals surface area contributed by atoms with Crippen molar-refractivity contribution in [2.45, 2.75) is 64.5 Å². The smallest absolute Gasteiger partial charge is 0.237 e. The van der Waals surface area contributed by atoms with Crippen LogP contribution in [0.15, 0.2) is 48.5 Å². The highest BCUT2D eigenvalue weighted by atomic mass is 35.5. The number of hydrogen-bond donors (Lipinski definition) is 2. The summed E-state index contributed by atoms with van der Waals surface area (Å²) in [5.41, 5.74) is 2.03. The number of nitrogens with zero attached hydrogens (tertiary/aromatic N) is 2. The average Bonchev–Trinajstić information content (AvgIpc) is 3.28. The molecule has 2 aromatic carbocycles. The maximum atomic E-state index is 13.2. The van der Waals surface area contributed by atoms with Gasteiger partial charge in [0.2, 0.25) is 11.8 Å². The monoisotopic (exact) mass is 506 g/mol. The Balaban J connectivity index is 1.46. The van der Waals surface area contributed by atoms with E-state index in [1.165, 1.54) is 0 Å². The van der Waals surface area contributed by atoms with Gasteiger partial charge in [0.25, 0.3) is 0 Å². The van der Waals surface area contributed by atoms with E-state index in [4.69, 9.17) is 11.6 Å². The van der Waals surface area contributed by atoms with Crippen LogP contribution in [0.5, 0.6) is 0 Å². The molecule has 3 atom stereocenters. The van der Waals surface area contributed by atoms with Gasteiger partial charge < -0.3 is 15.5 Å². The Morgan fingerprint density at radius 2 is 1.89 bits per heavy atom. The van der Waals surface area contributed by atoms with Crippen molar-refractivity contribution in [3.8, 4) is 6.07 Å². The molecule has 0 saturated carbocycles. The van der Waals surface area contributed by atoms with Gasteiger partial charge in [-0.1, -0.05) is 56.6 Å². The number of benzene rings is 2. The number of carbonyl (C=O) groups is 2. The van der Waals surface area contributed by atoms with E-state index in [0.717, 1.165) is 36.2 Å². The molecule has 4 rings (SSSR count). The fourth-order valence-electron chi connectivity index (χ4n) is 5.52. The van der Waals surface area contributed by atoms with Crippen LogP contribution in [0.25, 0.3) is 0 Å². The molecule has 0 bridgehead atoms. The van der Waals surface area contributed by atoms with Crippen LogP contribution in [0.1, 0.15) is 57.6 Å². The largest absolute Gasteiger partial charge is 0.351 e. The zero-order chi connectivity index (χ0) is 25.9. The Kier molecular flexibility index (Phi) is 7.73. The third-order valence-electron chi connectivity index (χ3n) is 7.36. The number of nitrogens with one attached hydrogen (secondary N) is 2. The van der Waals surface area contributed by atoms with Gasteiger partial charge in [-0.2, -0.15) is 5.26 Å². The van der Waals surface area contributed by atoms with E-state index in [2.05, 4.69) is 37.5 Å². The second-order valence-electron chi connectivity index (χ2n) is 11.2. The lowest BCUT2D eigenvalue weighted by molar-refractivity contribution is -0.124. The topological polar surface area (TPSA) is 85.2 Å². The highest BCUT2D eigenvalue weighted by molar-refractivity contribution is 6.30. The first-order valence-electron chi connectivity index (χ1n) is 12.7. The van der Waals surface area contributed by atoms with E-state index < -0.39 is 11.5 Å². The summed E-state index contributed by atoms with van der Waals surface area (Å²) in [7, 11) is 0. The van der Waals surface area contributed by atoms with Crippen LogP contribution >= 0.6 is 11.6 Å². The van der Waals surface area contributed by atoms with E-state index in [9.17, 15) is 14.9 Å². The molecule has 7 heteroatoms. The minimum Gasteiger partial charge on any atom is -0.351 e. The maximum absolute atomic E-state index is 13.2. The summed E-state index contributed by atoms with van der Waals surface area (Å²) in [6.07, 6.45) is 2.75. The lowest BCUT2D eigenvalue weighted by atomic mass is 9.61. The molecular formula is C29H35ClN4O2. The zero-order valence-corrected chi connectivity index (χ0v) is 22.1. The minimum atomic E-state index is -0.783. The van der Waals surface area contributed by atoms with Crippen molar-refractivity contribution in [1.29, 1.82) is 5.26 Å². The molecule has 2 aliphatic rings. The van der Waals surface area contributed by atoms with Gasteiger partial charge in [0.15, 0.2) is 0 Å². The Bertz CT molecular complexity index is 1130. The molecule has 2 saturated heterocycles. The molecule has 190 valence electrons. The molecule has 2 aromatic rings. The number of nitriles is 1. The molecule has 0 spiro atoms. The summed E-state index contributed by atoms with van der Waals surface area (Å²) < 4.78 is 0. The summed E-state index contributed by atoms with van der Waals surface area (Å²) in [5, 5.41) is 17.6. The van der Waals surface area contributed by atoms with Crippen LogP contribution in [0.2, 0.25) is 5.02 Å². The van der Waals surface area contributed by atoms with Crippen molar-refractivity contribution in [2.24, 2.45) is 11.3 Å². The quantitative estimate of drug-likeness (QED) is 0.580. The molecule has 36 heavy (non-hydrogen) atoms. The van der Waals surface area contributed by atoms with Crippen LogP contribution in [0, 0.1) is 22.7 Å². The highest BCUT2D eigenvalue weighted by Crippen LogP contribution is 2.44. The summed E-state index contributed by atoms with van der Waals surface area (Å²) in [6.45, 7) is 8.27. The Labute approximate surface area is 219 Å². The van der Waals surface area contributed by atoms with Crippen molar-refractivity contribution < 1.29 is 9.59 Å². The van der Waals surface area contributed by atoms with Gasteiger partial charge in [0, 0.05) is 36.8 Å².